The zero-order valence-electron chi connectivity index (χ0n) is 7.37. The third-order valence-corrected chi connectivity index (χ3v) is 2.54. The van der Waals surface area contributed by atoms with Crippen LogP contribution in [0.3, 0.4) is 0 Å². The van der Waals surface area contributed by atoms with E-state index in [-0.39, 0.29) is 6.79 Å². The van der Waals surface area contributed by atoms with E-state index in [1.54, 1.807) is 12.1 Å². The lowest BCUT2D eigenvalue weighted by Crippen LogP contribution is -2.04. The molecule has 0 unspecified atom stereocenters. The van der Waals surface area contributed by atoms with Crippen LogP contribution in [0.1, 0.15) is 10.4 Å². The molecule has 5 heteroatoms. The molecule has 0 N–H and O–H groups in total. The summed E-state index contributed by atoms with van der Waals surface area (Å²) in [7, 11) is 1.32. The van der Waals surface area contributed by atoms with Gasteiger partial charge in [-0.05, 0) is 28.1 Å². The van der Waals surface area contributed by atoms with Gasteiger partial charge < -0.3 is 14.2 Å². The Balaban J connectivity index is 2.57. The Morgan fingerprint density at radius 2 is 2.29 bits per heavy atom. The lowest BCUT2D eigenvalue weighted by molar-refractivity contribution is 0.0595. The molecule has 2 rings (SSSR count). The predicted octanol–water partition coefficient (Wildman–Crippen LogP) is 1.96. The summed E-state index contributed by atoms with van der Waals surface area (Å²) in [5.41, 5.74) is 0.363. The van der Waals surface area contributed by atoms with E-state index < -0.39 is 5.97 Å². The van der Waals surface area contributed by atoms with Gasteiger partial charge in [0.25, 0.3) is 0 Å². The topological polar surface area (TPSA) is 44.8 Å². The van der Waals surface area contributed by atoms with E-state index in [0.29, 0.717) is 21.5 Å². The predicted molar refractivity (Wildman–Crippen MR) is 51.6 cm³/mol. The number of fused-ring (bicyclic) bond motifs is 1. The maximum atomic E-state index is 11.4. The van der Waals surface area contributed by atoms with E-state index >= 15 is 0 Å². The summed E-state index contributed by atoms with van der Waals surface area (Å²) in [6, 6.07) is 3.46. The summed E-state index contributed by atoms with van der Waals surface area (Å²) < 4.78 is 15.6. The Kier molecular flexibility index (Phi) is 2.33. The number of hydrogen-bond donors (Lipinski definition) is 0. The summed E-state index contributed by atoms with van der Waals surface area (Å²) in [6.07, 6.45) is 0. The molecule has 0 amide bonds. The van der Waals surface area contributed by atoms with Crippen LogP contribution in [-0.4, -0.2) is 19.9 Å². The van der Waals surface area contributed by atoms with Gasteiger partial charge in [0.2, 0.25) is 6.79 Å². The maximum Gasteiger partial charge on any atom is 0.342 e. The van der Waals surface area contributed by atoms with Crippen LogP contribution in [0.5, 0.6) is 11.5 Å². The van der Waals surface area contributed by atoms with Crippen molar-refractivity contribution in [3.63, 3.8) is 0 Å². The third kappa shape index (κ3) is 1.33. The molecule has 0 saturated carbocycles. The van der Waals surface area contributed by atoms with Crippen LogP contribution in [0, 0.1) is 0 Å². The first-order valence-corrected chi connectivity index (χ1v) is 4.69. The van der Waals surface area contributed by atoms with E-state index in [0.717, 1.165) is 0 Å². The van der Waals surface area contributed by atoms with Crippen LogP contribution in [0.25, 0.3) is 0 Å². The number of methoxy groups -OCH3 is 1. The Hall–Kier alpha value is -1.23. The number of esters is 1. The van der Waals surface area contributed by atoms with Gasteiger partial charge in [-0.1, -0.05) is 0 Å². The Bertz CT molecular complexity index is 389. The second kappa shape index (κ2) is 3.49. The molecule has 1 aliphatic heterocycles. The molecule has 1 aliphatic rings. The van der Waals surface area contributed by atoms with E-state index in [4.69, 9.17) is 9.47 Å². The van der Waals surface area contributed by atoms with Gasteiger partial charge in [0, 0.05) is 4.47 Å². The first kappa shape index (κ1) is 9.33. The van der Waals surface area contributed by atoms with Crippen LogP contribution in [-0.2, 0) is 4.74 Å². The van der Waals surface area contributed by atoms with E-state index in [9.17, 15) is 4.79 Å². The van der Waals surface area contributed by atoms with Gasteiger partial charge in [0.15, 0.2) is 11.5 Å². The molecule has 0 aromatic heterocycles. The van der Waals surface area contributed by atoms with Crippen molar-refractivity contribution in [1.82, 2.24) is 0 Å². The van der Waals surface area contributed by atoms with E-state index in [2.05, 4.69) is 20.7 Å². The van der Waals surface area contributed by atoms with Crippen molar-refractivity contribution in [1.29, 1.82) is 0 Å². The van der Waals surface area contributed by atoms with Crippen LogP contribution in [0.15, 0.2) is 16.6 Å². The van der Waals surface area contributed by atoms with Crippen molar-refractivity contribution in [2.24, 2.45) is 0 Å². The minimum atomic E-state index is -0.445. The monoisotopic (exact) mass is 258 g/mol. The molecule has 14 heavy (non-hydrogen) atoms. The zero-order valence-corrected chi connectivity index (χ0v) is 8.96. The van der Waals surface area contributed by atoms with Crippen LogP contribution in [0.2, 0.25) is 0 Å². The van der Waals surface area contributed by atoms with Gasteiger partial charge in [0.05, 0.1) is 7.11 Å². The fraction of sp³-hybridized carbons (Fsp3) is 0.222. The molecule has 0 bridgehead atoms. The fourth-order valence-corrected chi connectivity index (χ4v) is 1.71. The molecule has 1 aromatic carbocycles. The molecule has 4 nitrogen and oxygen atoms in total. The molecule has 0 radical (unpaired) electrons. The molecular formula is C9H7BrO4. The van der Waals surface area contributed by atoms with Crippen LogP contribution >= 0.6 is 15.9 Å². The number of benzene rings is 1. The van der Waals surface area contributed by atoms with Gasteiger partial charge in [-0.2, -0.15) is 0 Å². The summed E-state index contributed by atoms with van der Waals surface area (Å²) >= 11 is 3.25. The fourth-order valence-electron chi connectivity index (χ4n) is 1.24. The molecule has 0 aliphatic carbocycles. The normalized spacial score (nSPS) is 12.7. The van der Waals surface area contributed by atoms with Gasteiger partial charge in [-0.3, -0.25) is 0 Å². The Labute approximate surface area is 88.9 Å². The van der Waals surface area contributed by atoms with Crippen molar-refractivity contribution in [3.05, 3.63) is 22.2 Å². The highest BCUT2D eigenvalue weighted by atomic mass is 79.9. The number of rotatable bonds is 1. The minimum Gasteiger partial charge on any atom is -0.465 e. The zero-order chi connectivity index (χ0) is 10.1. The molecule has 0 spiro atoms. The second-order valence-corrected chi connectivity index (χ2v) is 3.50. The standard InChI is InChI=1S/C9H7BrO4/c1-12-9(11)7-5(10)2-3-6-8(7)14-4-13-6/h2-3H,4H2,1H3. The van der Waals surface area contributed by atoms with Crippen LogP contribution in [0.4, 0.5) is 0 Å². The van der Waals surface area contributed by atoms with Crippen molar-refractivity contribution in [2.45, 2.75) is 0 Å². The van der Waals surface area contributed by atoms with Crippen molar-refractivity contribution in [2.75, 3.05) is 13.9 Å². The first-order chi connectivity index (χ1) is 6.74. The lowest BCUT2D eigenvalue weighted by atomic mass is 10.2. The molecule has 74 valence electrons. The average molecular weight is 259 g/mol. The number of carbonyl (C=O) groups excluding carboxylic acids is 1. The molecule has 1 heterocycles. The Morgan fingerprint density at radius 1 is 1.50 bits per heavy atom. The summed E-state index contributed by atoms with van der Waals surface area (Å²) in [5.74, 6) is 0.555. The van der Waals surface area contributed by atoms with Gasteiger partial charge in [-0.25, -0.2) is 4.79 Å². The lowest BCUT2D eigenvalue weighted by Gasteiger charge is -2.05. The summed E-state index contributed by atoms with van der Waals surface area (Å²) in [5, 5.41) is 0. The maximum absolute atomic E-state index is 11.4. The van der Waals surface area contributed by atoms with Gasteiger partial charge in [0.1, 0.15) is 5.56 Å². The van der Waals surface area contributed by atoms with E-state index in [1.807, 2.05) is 0 Å². The average Bonchev–Trinajstić information content (AvgIpc) is 2.64. The first-order valence-electron chi connectivity index (χ1n) is 3.90. The Morgan fingerprint density at radius 3 is 3.00 bits per heavy atom. The minimum absolute atomic E-state index is 0.135. The summed E-state index contributed by atoms with van der Waals surface area (Å²) in [6.45, 7) is 0.135. The highest BCUT2D eigenvalue weighted by molar-refractivity contribution is 9.10. The van der Waals surface area contributed by atoms with Crippen molar-refractivity contribution < 1.29 is 19.0 Å². The molecule has 0 saturated heterocycles. The van der Waals surface area contributed by atoms with Crippen LogP contribution < -0.4 is 9.47 Å². The smallest absolute Gasteiger partial charge is 0.342 e. The van der Waals surface area contributed by atoms with Gasteiger partial charge in [-0.15, -0.1) is 0 Å². The van der Waals surface area contributed by atoms with Crippen molar-refractivity contribution >= 4 is 21.9 Å². The van der Waals surface area contributed by atoms with E-state index in [1.165, 1.54) is 7.11 Å². The largest absolute Gasteiger partial charge is 0.465 e. The van der Waals surface area contributed by atoms with Gasteiger partial charge >= 0.3 is 5.97 Å². The molecular weight excluding hydrogens is 252 g/mol. The third-order valence-electron chi connectivity index (χ3n) is 1.88. The number of ether oxygens (including phenoxy) is 3. The highest BCUT2D eigenvalue weighted by Gasteiger charge is 2.25. The summed E-state index contributed by atoms with van der Waals surface area (Å²) in [4.78, 5) is 11.4. The number of carbonyl (C=O) groups is 1. The number of halogens is 1. The van der Waals surface area contributed by atoms with Crippen molar-refractivity contribution in [3.8, 4) is 11.5 Å². The number of hydrogen-bond acceptors (Lipinski definition) is 4. The quantitative estimate of drug-likeness (QED) is 0.723. The second-order valence-electron chi connectivity index (χ2n) is 2.65. The molecule has 0 fully saturated rings. The SMILES string of the molecule is COC(=O)c1c(Br)ccc2c1OCO2. The molecule has 0 atom stereocenters. The highest BCUT2D eigenvalue weighted by Crippen LogP contribution is 2.39. The molecule has 1 aromatic rings.